The molecule has 0 atom stereocenters. The number of amides is 2. The Balaban J connectivity index is 2.99. The van der Waals surface area contributed by atoms with Crippen LogP contribution < -0.4 is 10.6 Å². The van der Waals surface area contributed by atoms with Crippen molar-refractivity contribution in [2.75, 3.05) is 18.6 Å². The highest BCUT2D eigenvalue weighted by Gasteiger charge is 2.07. The molecule has 0 saturated heterocycles. The Morgan fingerprint density at radius 3 is 2.53 bits per heavy atom. The zero-order chi connectivity index (χ0) is 11.5. The Bertz CT molecular complexity index is 468. The van der Waals surface area contributed by atoms with Gasteiger partial charge in [0.25, 0.3) is 0 Å². The van der Waals surface area contributed by atoms with Gasteiger partial charge in [-0.2, -0.15) is 0 Å². The van der Waals surface area contributed by atoms with Gasteiger partial charge in [-0.3, -0.25) is 0 Å². The molecule has 0 bridgehead atoms. The lowest BCUT2D eigenvalue weighted by Gasteiger charge is -2.05. The van der Waals surface area contributed by atoms with Gasteiger partial charge >= 0.3 is 6.03 Å². The number of rotatable bonds is 2. The molecule has 0 heterocycles. The monoisotopic (exact) mass is 228 g/mol. The fourth-order valence-corrected chi connectivity index (χ4v) is 1.66. The summed E-state index contributed by atoms with van der Waals surface area (Å²) in [5.41, 5.74) is 0.442. The second-order valence-electron chi connectivity index (χ2n) is 3.00. The molecule has 6 heteroatoms. The zero-order valence-corrected chi connectivity index (χ0v) is 9.26. The van der Waals surface area contributed by atoms with Crippen molar-refractivity contribution in [2.24, 2.45) is 0 Å². The van der Waals surface area contributed by atoms with Crippen LogP contribution in [0.25, 0.3) is 0 Å². The lowest BCUT2D eigenvalue weighted by Crippen LogP contribution is -2.24. The number of carbonyl (C=O) groups is 1. The van der Waals surface area contributed by atoms with Crippen LogP contribution in [0.15, 0.2) is 29.2 Å². The molecule has 0 radical (unpaired) electrons. The van der Waals surface area contributed by atoms with Crippen LogP contribution in [0.5, 0.6) is 0 Å². The van der Waals surface area contributed by atoms with E-state index in [1.807, 2.05) is 0 Å². The number of sulfone groups is 1. The first kappa shape index (κ1) is 11.5. The highest BCUT2D eigenvalue weighted by Crippen LogP contribution is 2.14. The number of benzene rings is 1. The fourth-order valence-electron chi connectivity index (χ4n) is 0.998. The topological polar surface area (TPSA) is 75.3 Å². The molecule has 2 N–H and O–H groups in total. The van der Waals surface area contributed by atoms with Crippen LogP contribution >= 0.6 is 0 Å². The molecule has 1 aromatic rings. The van der Waals surface area contributed by atoms with Crippen LogP contribution in [0.3, 0.4) is 0 Å². The molecular formula is C9H12N2O3S. The summed E-state index contributed by atoms with van der Waals surface area (Å²) in [6, 6.07) is 5.68. The molecule has 0 fully saturated rings. The quantitative estimate of drug-likeness (QED) is 0.787. The van der Waals surface area contributed by atoms with Gasteiger partial charge in [-0.1, -0.05) is 6.07 Å². The average Bonchev–Trinajstić information content (AvgIpc) is 2.17. The first-order chi connectivity index (χ1) is 6.93. The van der Waals surface area contributed by atoms with Gasteiger partial charge in [0.05, 0.1) is 4.90 Å². The number of nitrogens with one attached hydrogen (secondary N) is 2. The van der Waals surface area contributed by atoms with E-state index in [9.17, 15) is 13.2 Å². The average molecular weight is 228 g/mol. The van der Waals surface area contributed by atoms with E-state index in [1.165, 1.54) is 19.2 Å². The highest BCUT2D eigenvalue weighted by atomic mass is 32.2. The Morgan fingerprint density at radius 2 is 2.00 bits per heavy atom. The minimum atomic E-state index is -3.24. The van der Waals surface area contributed by atoms with Gasteiger partial charge in [-0.25, -0.2) is 13.2 Å². The Kier molecular flexibility index (Phi) is 3.31. The third-order valence-corrected chi connectivity index (χ3v) is 2.86. The maximum Gasteiger partial charge on any atom is 0.318 e. The highest BCUT2D eigenvalue weighted by molar-refractivity contribution is 7.90. The predicted molar refractivity (Wildman–Crippen MR) is 57.6 cm³/mol. The minimum Gasteiger partial charge on any atom is -0.341 e. The van der Waals surface area contributed by atoms with E-state index in [1.54, 1.807) is 12.1 Å². The largest absolute Gasteiger partial charge is 0.341 e. The summed E-state index contributed by atoms with van der Waals surface area (Å²) in [7, 11) is -1.76. The van der Waals surface area contributed by atoms with Crippen LogP contribution in [0.4, 0.5) is 10.5 Å². The van der Waals surface area contributed by atoms with Crippen LogP contribution in [-0.2, 0) is 9.84 Å². The van der Waals surface area contributed by atoms with Crippen molar-refractivity contribution in [3.8, 4) is 0 Å². The molecular weight excluding hydrogens is 216 g/mol. The van der Waals surface area contributed by atoms with Gasteiger partial charge < -0.3 is 10.6 Å². The number of hydrogen-bond acceptors (Lipinski definition) is 3. The normalized spacial score (nSPS) is 10.8. The number of urea groups is 1. The third kappa shape index (κ3) is 3.25. The zero-order valence-electron chi connectivity index (χ0n) is 8.44. The summed E-state index contributed by atoms with van der Waals surface area (Å²) in [5, 5.41) is 4.86. The predicted octanol–water partition coefficient (Wildman–Crippen LogP) is 0.841. The summed E-state index contributed by atoms with van der Waals surface area (Å²) in [6.07, 6.45) is 1.12. The van der Waals surface area contributed by atoms with Crippen LogP contribution in [-0.4, -0.2) is 27.8 Å². The maximum absolute atomic E-state index is 11.2. The molecule has 0 spiro atoms. The van der Waals surface area contributed by atoms with E-state index < -0.39 is 9.84 Å². The van der Waals surface area contributed by atoms with Crippen molar-refractivity contribution in [2.45, 2.75) is 4.90 Å². The molecule has 0 unspecified atom stereocenters. The van der Waals surface area contributed by atoms with Gasteiger partial charge in [0.1, 0.15) is 0 Å². The van der Waals surface area contributed by atoms with Crippen LogP contribution in [0.2, 0.25) is 0 Å². The van der Waals surface area contributed by atoms with Gasteiger partial charge in [0.2, 0.25) is 0 Å². The summed E-state index contributed by atoms with van der Waals surface area (Å²) >= 11 is 0. The number of anilines is 1. The van der Waals surface area contributed by atoms with E-state index in [4.69, 9.17) is 0 Å². The molecule has 15 heavy (non-hydrogen) atoms. The molecule has 0 aromatic heterocycles. The van der Waals surface area contributed by atoms with Crippen molar-refractivity contribution < 1.29 is 13.2 Å². The SMILES string of the molecule is CNC(=O)Nc1cccc(S(C)(=O)=O)c1. The second kappa shape index (κ2) is 4.31. The van der Waals surface area contributed by atoms with Crippen molar-refractivity contribution >= 4 is 21.6 Å². The third-order valence-electron chi connectivity index (χ3n) is 1.75. The van der Waals surface area contributed by atoms with Gasteiger partial charge in [0, 0.05) is 19.0 Å². The molecule has 1 aromatic carbocycles. The Morgan fingerprint density at radius 1 is 1.33 bits per heavy atom. The molecule has 0 aliphatic heterocycles. The second-order valence-corrected chi connectivity index (χ2v) is 5.02. The molecule has 2 amide bonds. The van der Waals surface area contributed by atoms with E-state index in [0.29, 0.717) is 5.69 Å². The van der Waals surface area contributed by atoms with Crippen LogP contribution in [0, 0.1) is 0 Å². The van der Waals surface area contributed by atoms with E-state index in [0.717, 1.165) is 6.26 Å². The van der Waals surface area contributed by atoms with Crippen molar-refractivity contribution in [1.29, 1.82) is 0 Å². The molecule has 82 valence electrons. The first-order valence-corrected chi connectivity index (χ1v) is 6.11. The lowest BCUT2D eigenvalue weighted by molar-refractivity contribution is 0.254. The van der Waals surface area contributed by atoms with Gasteiger partial charge in [-0.15, -0.1) is 0 Å². The van der Waals surface area contributed by atoms with Crippen molar-refractivity contribution in [1.82, 2.24) is 5.32 Å². The Labute approximate surface area is 88.4 Å². The summed E-state index contributed by atoms with van der Waals surface area (Å²) in [5.74, 6) is 0. The van der Waals surface area contributed by atoms with Crippen molar-refractivity contribution in [3.05, 3.63) is 24.3 Å². The van der Waals surface area contributed by atoms with E-state index >= 15 is 0 Å². The minimum absolute atomic E-state index is 0.177. The molecule has 1 rings (SSSR count). The standard InChI is InChI=1S/C9H12N2O3S/c1-10-9(12)11-7-4-3-5-8(6-7)15(2,13)14/h3-6H,1-2H3,(H2,10,11,12). The van der Waals surface area contributed by atoms with E-state index in [-0.39, 0.29) is 10.9 Å². The van der Waals surface area contributed by atoms with Crippen LogP contribution in [0.1, 0.15) is 0 Å². The number of carbonyl (C=O) groups excluding carboxylic acids is 1. The fraction of sp³-hybridized carbons (Fsp3) is 0.222. The molecule has 0 aliphatic carbocycles. The molecule has 0 saturated carbocycles. The molecule has 5 nitrogen and oxygen atoms in total. The summed E-state index contributed by atoms with van der Waals surface area (Å²) < 4.78 is 22.4. The van der Waals surface area contributed by atoms with Gasteiger partial charge in [-0.05, 0) is 18.2 Å². The van der Waals surface area contributed by atoms with Gasteiger partial charge in [0.15, 0.2) is 9.84 Å². The summed E-state index contributed by atoms with van der Waals surface area (Å²) in [4.78, 5) is 11.1. The maximum atomic E-state index is 11.2. The smallest absolute Gasteiger partial charge is 0.318 e. The van der Waals surface area contributed by atoms with Crippen molar-refractivity contribution in [3.63, 3.8) is 0 Å². The summed E-state index contributed by atoms with van der Waals surface area (Å²) in [6.45, 7) is 0. The number of hydrogen-bond donors (Lipinski definition) is 2. The molecule has 0 aliphatic rings. The first-order valence-electron chi connectivity index (χ1n) is 4.22. The Hall–Kier alpha value is -1.56. The van der Waals surface area contributed by atoms with E-state index in [2.05, 4.69) is 10.6 Å². The lowest BCUT2D eigenvalue weighted by atomic mass is 10.3.